The summed E-state index contributed by atoms with van der Waals surface area (Å²) in [7, 11) is 3.41. The Morgan fingerprint density at radius 1 is 1.09 bits per heavy atom. The maximum Gasteiger partial charge on any atom is 0.255 e. The van der Waals surface area contributed by atoms with Gasteiger partial charge in [-0.2, -0.15) is 5.10 Å². The molecule has 0 atom stereocenters. The summed E-state index contributed by atoms with van der Waals surface area (Å²) in [6, 6.07) is 14.3. The molecule has 0 bridgehead atoms. The average molecular weight is 465 g/mol. The van der Waals surface area contributed by atoms with Crippen LogP contribution < -0.4 is 20.1 Å². The molecule has 2 N–H and O–H groups in total. The van der Waals surface area contributed by atoms with Crippen molar-refractivity contribution in [3.05, 3.63) is 60.3 Å². The van der Waals surface area contributed by atoms with E-state index in [-0.39, 0.29) is 11.8 Å². The largest absolute Gasteiger partial charge is 0.497 e. The van der Waals surface area contributed by atoms with Crippen molar-refractivity contribution in [2.45, 2.75) is 32.6 Å². The van der Waals surface area contributed by atoms with Crippen LogP contribution in [0, 0.1) is 0 Å². The lowest BCUT2D eigenvalue weighted by Gasteiger charge is -2.15. The maximum absolute atomic E-state index is 12.7. The number of amides is 2. The zero-order valence-corrected chi connectivity index (χ0v) is 20.0. The van der Waals surface area contributed by atoms with Crippen molar-refractivity contribution in [1.29, 1.82) is 0 Å². The number of ether oxygens (including phenoxy) is 2. The van der Waals surface area contributed by atoms with Gasteiger partial charge in [0, 0.05) is 36.5 Å². The molecule has 0 unspecified atom stereocenters. The van der Waals surface area contributed by atoms with Crippen LogP contribution in [0.15, 0.2) is 54.7 Å². The van der Waals surface area contributed by atoms with Crippen LogP contribution in [-0.2, 0) is 11.8 Å². The topological polar surface area (TPSA) is 94.5 Å². The number of hydrogen-bond donors (Lipinski definition) is 2. The molecule has 0 radical (unpaired) electrons. The van der Waals surface area contributed by atoms with Gasteiger partial charge in [0.25, 0.3) is 5.91 Å². The molecule has 0 fully saturated rings. The van der Waals surface area contributed by atoms with Gasteiger partial charge in [-0.15, -0.1) is 0 Å². The number of nitrogens with zero attached hydrogens (tertiary/aromatic N) is 2. The van der Waals surface area contributed by atoms with Crippen LogP contribution >= 0.6 is 0 Å². The molecule has 0 aliphatic heterocycles. The summed E-state index contributed by atoms with van der Waals surface area (Å²) in [5.41, 5.74) is 2.76. The second-order valence-electron chi connectivity index (χ2n) is 7.89. The Kier molecular flexibility index (Phi) is 9.08. The number of carbonyl (C=O) groups is 2. The van der Waals surface area contributed by atoms with Gasteiger partial charge in [0.2, 0.25) is 5.91 Å². The lowest BCUT2D eigenvalue weighted by molar-refractivity contribution is -0.121. The van der Waals surface area contributed by atoms with E-state index in [9.17, 15) is 9.59 Å². The summed E-state index contributed by atoms with van der Waals surface area (Å²) >= 11 is 0. The zero-order valence-electron chi connectivity index (χ0n) is 20.0. The van der Waals surface area contributed by atoms with Gasteiger partial charge in [-0.1, -0.05) is 25.8 Å². The first-order valence-electron chi connectivity index (χ1n) is 11.5. The first-order chi connectivity index (χ1) is 16.5. The molecule has 0 aliphatic carbocycles. The number of aromatic nitrogens is 2. The van der Waals surface area contributed by atoms with Crippen LogP contribution in [0.1, 0.15) is 43.0 Å². The molecule has 3 aromatic rings. The van der Waals surface area contributed by atoms with E-state index in [1.54, 1.807) is 48.3 Å². The second-order valence-corrected chi connectivity index (χ2v) is 7.89. The maximum atomic E-state index is 12.7. The highest BCUT2D eigenvalue weighted by molar-refractivity contribution is 6.04. The monoisotopic (exact) mass is 464 g/mol. The number of carbonyl (C=O) groups excluding carboxylic acids is 2. The minimum Gasteiger partial charge on any atom is -0.497 e. The summed E-state index contributed by atoms with van der Waals surface area (Å²) in [4.78, 5) is 24.7. The minimum absolute atomic E-state index is 0.0412. The Morgan fingerprint density at radius 3 is 2.68 bits per heavy atom. The highest BCUT2D eigenvalue weighted by Gasteiger charge is 2.14. The minimum atomic E-state index is -0.241. The highest BCUT2D eigenvalue weighted by atomic mass is 16.5. The molecule has 8 heteroatoms. The third kappa shape index (κ3) is 6.84. The number of anilines is 1. The van der Waals surface area contributed by atoms with Crippen LogP contribution in [0.25, 0.3) is 11.3 Å². The normalized spacial score (nSPS) is 10.6. The van der Waals surface area contributed by atoms with E-state index in [0.29, 0.717) is 42.3 Å². The molecule has 1 heterocycles. The van der Waals surface area contributed by atoms with Crippen LogP contribution in [-0.4, -0.2) is 41.9 Å². The van der Waals surface area contributed by atoms with Gasteiger partial charge in [0.15, 0.2) is 0 Å². The summed E-state index contributed by atoms with van der Waals surface area (Å²) < 4.78 is 12.9. The van der Waals surface area contributed by atoms with Crippen molar-refractivity contribution < 1.29 is 19.1 Å². The third-order valence-corrected chi connectivity index (χ3v) is 5.36. The number of aryl methyl sites for hydroxylation is 1. The Labute approximate surface area is 200 Å². The van der Waals surface area contributed by atoms with Crippen molar-refractivity contribution in [3.8, 4) is 22.8 Å². The van der Waals surface area contributed by atoms with Crippen molar-refractivity contribution in [1.82, 2.24) is 15.1 Å². The SMILES string of the molecule is CCCCCC(=O)NCCOc1ccc(NC(=O)c2cccc(OC)c2)cc1-c1ccnn1C. The van der Waals surface area contributed by atoms with E-state index in [1.165, 1.54) is 0 Å². The smallest absolute Gasteiger partial charge is 0.255 e. The molecule has 2 amide bonds. The highest BCUT2D eigenvalue weighted by Crippen LogP contribution is 2.32. The van der Waals surface area contributed by atoms with Gasteiger partial charge in [-0.05, 0) is 48.9 Å². The molecule has 0 spiro atoms. The Bertz CT molecular complexity index is 1110. The molecule has 34 heavy (non-hydrogen) atoms. The van der Waals surface area contributed by atoms with E-state index in [0.717, 1.165) is 30.5 Å². The van der Waals surface area contributed by atoms with Crippen LogP contribution in [0.2, 0.25) is 0 Å². The van der Waals surface area contributed by atoms with Crippen LogP contribution in [0.4, 0.5) is 5.69 Å². The van der Waals surface area contributed by atoms with Gasteiger partial charge in [-0.3, -0.25) is 14.3 Å². The Balaban J connectivity index is 1.69. The van der Waals surface area contributed by atoms with Gasteiger partial charge < -0.3 is 20.1 Å². The van der Waals surface area contributed by atoms with E-state index >= 15 is 0 Å². The summed E-state index contributed by atoms with van der Waals surface area (Å²) in [6.45, 7) is 2.87. The standard InChI is InChI=1S/C26H32N4O4/c1-4-5-6-10-25(31)27-15-16-34-24-12-11-20(18-22(24)23-13-14-28-30(23)2)29-26(32)19-8-7-9-21(17-19)33-3/h7-9,11-14,17-18H,4-6,10,15-16H2,1-3H3,(H,27,31)(H,29,32). The fraction of sp³-hybridized carbons (Fsp3) is 0.346. The predicted octanol–water partition coefficient (Wildman–Crippen LogP) is 4.42. The summed E-state index contributed by atoms with van der Waals surface area (Å²) in [6.07, 6.45) is 5.28. The van der Waals surface area contributed by atoms with E-state index < -0.39 is 0 Å². The average Bonchev–Trinajstić information content (AvgIpc) is 3.28. The molecule has 8 nitrogen and oxygen atoms in total. The number of nitrogens with one attached hydrogen (secondary N) is 2. The molecule has 2 aromatic carbocycles. The molecular formula is C26H32N4O4. The van der Waals surface area contributed by atoms with Gasteiger partial charge in [-0.25, -0.2) is 0 Å². The molecule has 0 aliphatic rings. The molecule has 0 saturated heterocycles. The Hall–Kier alpha value is -3.81. The van der Waals surface area contributed by atoms with Crippen LogP contribution in [0.3, 0.4) is 0 Å². The lowest BCUT2D eigenvalue weighted by atomic mass is 10.1. The number of hydrogen-bond acceptors (Lipinski definition) is 5. The van der Waals surface area contributed by atoms with E-state index in [4.69, 9.17) is 9.47 Å². The third-order valence-electron chi connectivity index (χ3n) is 5.36. The first-order valence-corrected chi connectivity index (χ1v) is 11.5. The molecular weight excluding hydrogens is 432 g/mol. The number of benzene rings is 2. The van der Waals surface area contributed by atoms with Gasteiger partial charge in [0.1, 0.15) is 18.1 Å². The molecule has 180 valence electrons. The molecule has 3 rings (SSSR count). The number of methoxy groups -OCH3 is 1. The van der Waals surface area contributed by atoms with Gasteiger partial charge >= 0.3 is 0 Å². The molecule has 1 aromatic heterocycles. The second kappa shape index (κ2) is 12.4. The Morgan fingerprint density at radius 2 is 1.94 bits per heavy atom. The van der Waals surface area contributed by atoms with Crippen molar-refractivity contribution in [2.75, 3.05) is 25.6 Å². The zero-order chi connectivity index (χ0) is 24.3. The van der Waals surface area contributed by atoms with E-state index in [2.05, 4.69) is 22.7 Å². The van der Waals surface area contributed by atoms with Crippen LogP contribution in [0.5, 0.6) is 11.5 Å². The molecule has 0 saturated carbocycles. The first kappa shape index (κ1) is 24.8. The summed E-state index contributed by atoms with van der Waals surface area (Å²) in [5.74, 6) is 1.06. The fourth-order valence-electron chi connectivity index (χ4n) is 3.51. The van der Waals surface area contributed by atoms with Crippen molar-refractivity contribution >= 4 is 17.5 Å². The van der Waals surface area contributed by atoms with Crippen molar-refractivity contribution in [3.63, 3.8) is 0 Å². The predicted molar refractivity (Wildman–Crippen MR) is 132 cm³/mol. The number of rotatable bonds is 12. The fourth-order valence-corrected chi connectivity index (χ4v) is 3.51. The van der Waals surface area contributed by atoms with Gasteiger partial charge in [0.05, 0.1) is 19.3 Å². The quantitative estimate of drug-likeness (QED) is 0.387. The van der Waals surface area contributed by atoms with E-state index in [1.807, 2.05) is 25.2 Å². The van der Waals surface area contributed by atoms with Crippen molar-refractivity contribution in [2.24, 2.45) is 7.05 Å². The number of unbranched alkanes of at least 4 members (excludes halogenated alkanes) is 2. The summed E-state index contributed by atoms with van der Waals surface area (Å²) in [5, 5.41) is 10.1. The lowest BCUT2D eigenvalue weighted by Crippen LogP contribution is -2.27.